The summed E-state index contributed by atoms with van der Waals surface area (Å²) in [5.41, 5.74) is 0.738. The Morgan fingerprint density at radius 1 is 1.29 bits per heavy atom. The molecule has 3 aliphatic rings. The standard InChI is InChI=1S/C14H26N2O/c1-2-13(17-9-1)3-6-16-11-12-10-14(12)4-7-15-8-5-14/h12-13,15-16H,1-11H2. The normalized spacial score (nSPS) is 35.3. The Morgan fingerprint density at radius 2 is 2.18 bits per heavy atom. The Balaban J connectivity index is 1.28. The fourth-order valence-electron chi connectivity index (χ4n) is 3.67. The molecule has 0 amide bonds. The van der Waals surface area contributed by atoms with Gasteiger partial charge in [0, 0.05) is 6.61 Å². The van der Waals surface area contributed by atoms with Crippen LogP contribution in [-0.4, -0.2) is 38.9 Å². The van der Waals surface area contributed by atoms with Gasteiger partial charge in [-0.05, 0) is 76.0 Å². The van der Waals surface area contributed by atoms with Crippen LogP contribution in [0.2, 0.25) is 0 Å². The van der Waals surface area contributed by atoms with Gasteiger partial charge in [-0.1, -0.05) is 0 Å². The maximum atomic E-state index is 5.64. The summed E-state index contributed by atoms with van der Waals surface area (Å²) in [4.78, 5) is 0. The van der Waals surface area contributed by atoms with Crippen molar-refractivity contribution in [3.05, 3.63) is 0 Å². The molecule has 3 fully saturated rings. The third-order valence-corrected chi connectivity index (χ3v) is 5.02. The summed E-state index contributed by atoms with van der Waals surface area (Å²) in [5, 5.41) is 7.11. The van der Waals surface area contributed by atoms with Crippen molar-refractivity contribution >= 4 is 0 Å². The second kappa shape index (κ2) is 5.25. The minimum atomic E-state index is 0.551. The molecular formula is C14H26N2O. The van der Waals surface area contributed by atoms with E-state index < -0.39 is 0 Å². The Hall–Kier alpha value is -0.120. The SMILES string of the molecule is C1COC(CCNCC2CC23CCNCC3)C1. The number of piperidine rings is 1. The summed E-state index contributed by atoms with van der Waals surface area (Å²) in [7, 11) is 0. The molecule has 0 aromatic carbocycles. The Morgan fingerprint density at radius 3 is 2.94 bits per heavy atom. The van der Waals surface area contributed by atoms with Gasteiger partial charge in [0.05, 0.1) is 6.10 Å². The fraction of sp³-hybridized carbons (Fsp3) is 1.00. The van der Waals surface area contributed by atoms with E-state index in [1.165, 1.54) is 58.2 Å². The van der Waals surface area contributed by atoms with Crippen molar-refractivity contribution in [2.24, 2.45) is 11.3 Å². The molecule has 2 atom stereocenters. The zero-order chi connectivity index (χ0) is 11.6. The molecule has 2 unspecified atom stereocenters. The molecule has 2 N–H and O–H groups in total. The maximum Gasteiger partial charge on any atom is 0.0588 e. The largest absolute Gasteiger partial charge is 0.378 e. The predicted octanol–water partition coefficient (Wildman–Crippen LogP) is 1.53. The molecule has 2 aliphatic heterocycles. The molecule has 1 saturated carbocycles. The zero-order valence-electron chi connectivity index (χ0n) is 10.8. The van der Waals surface area contributed by atoms with E-state index in [0.717, 1.165) is 24.5 Å². The lowest BCUT2D eigenvalue weighted by Crippen LogP contribution is -2.31. The highest BCUT2D eigenvalue weighted by Crippen LogP contribution is 2.58. The summed E-state index contributed by atoms with van der Waals surface area (Å²) in [6.07, 6.45) is 8.60. The van der Waals surface area contributed by atoms with Crippen molar-refractivity contribution < 1.29 is 4.74 Å². The first-order valence-corrected chi connectivity index (χ1v) is 7.42. The monoisotopic (exact) mass is 238 g/mol. The van der Waals surface area contributed by atoms with E-state index in [1.54, 1.807) is 0 Å². The highest BCUT2D eigenvalue weighted by molar-refractivity contribution is 5.04. The van der Waals surface area contributed by atoms with Crippen LogP contribution in [0.5, 0.6) is 0 Å². The number of rotatable bonds is 5. The summed E-state index contributed by atoms with van der Waals surface area (Å²) in [6, 6.07) is 0. The van der Waals surface area contributed by atoms with Crippen LogP contribution in [0.3, 0.4) is 0 Å². The third-order valence-electron chi connectivity index (χ3n) is 5.02. The van der Waals surface area contributed by atoms with Gasteiger partial charge in [-0.25, -0.2) is 0 Å². The molecule has 0 aromatic heterocycles. The van der Waals surface area contributed by atoms with Crippen molar-refractivity contribution in [2.75, 3.05) is 32.8 Å². The average molecular weight is 238 g/mol. The van der Waals surface area contributed by atoms with Crippen molar-refractivity contribution in [3.8, 4) is 0 Å². The van der Waals surface area contributed by atoms with E-state index >= 15 is 0 Å². The topological polar surface area (TPSA) is 33.3 Å². The first-order valence-electron chi connectivity index (χ1n) is 7.42. The molecule has 17 heavy (non-hydrogen) atoms. The van der Waals surface area contributed by atoms with Gasteiger partial charge < -0.3 is 15.4 Å². The van der Waals surface area contributed by atoms with Crippen LogP contribution < -0.4 is 10.6 Å². The molecule has 98 valence electrons. The minimum Gasteiger partial charge on any atom is -0.378 e. The van der Waals surface area contributed by atoms with Gasteiger partial charge in [-0.2, -0.15) is 0 Å². The fourth-order valence-corrected chi connectivity index (χ4v) is 3.67. The van der Waals surface area contributed by atoms with Crippen LogP contribution in [0.4, 0.5) is 0 Å². The highest BCUT2D eigenvalue weighted by atomic mass is 16.5. The first kappa shape index (κ1) is 11.9. The molecule has 3 heteroatoms. The second-order valence-corrected chi connectivity index (χ2v) is 6.14. The number of ether oxygens (including phenoxy) is 1. The number of hydrogen-bond acceptors (Lipinski definition) is 3. The Labute approximate surface area is 105 Å². The van der Waals surface area contributed by atoms with Gasteiger partial charge in [0.15, 0.2) is 0 Å². The van der Waals surface area contributed by atoms with Gasteiger partial charge in [0.2, 0.25) is 0 Å². The van der Waals surface area contributed by atoms with E-state index in [2.05, 4.69) is 10.6 Å². The van der Waals surface area contributed by atoms with Crippen molar-refractivity contribution in [1.29, 1.82) is 0 Å². The lowest BCUT2D eigenvalue weighted by molar-refractivity contribution is 0.104. The molecule has 1 spiro atoms. The molecule has 1 aliphatic carbocycles. The maximum absolute atomic E-state index is 5.64. The van der Waals surface area contributed by atoms with Crippen LogP contribution in [-0.2, 0) is 4.74 Å². The van der Waals surface area contributed by atoms with E-state index in [1.807, 2.05) is 0 Å². The van der Waals surface area contributed by atoms with Gasteiger partial charge >= 0.3 is 0 Å². The van der Waals surface area contributed by atoms with Gasteiger partial charge in [0.1, 0.15) is 0 Å². The van der Waals surface area contributed by atoms with Crippen molar-refractivity contribution in [2.45, 2.75) is 44.6 Å². The summed E-state index contributed by atoms with van der Waals surface area (Å²) >= 11 is 0. The third kappa shape index (κ3) is 2.83. The lowest BCUT2D eigenvalue weighted by Gasteiger charge is -2.23. The Kier molecular flexibility index (Phi) is 3.69. The van der Waals surface area contributed by atoms with Crippen LogP contribution in [0.25, 0.3) is 0 Å². The average Bonchev–Trinajstić information content (AvgIpc) is 2.80. The molecular weight excluding hydrogens is 212 g/mol. The summed E-state index contributed by atoms with van der Waals surface area (Å²) in [6.45, 7) is 5.87. The van der Waals surface area contributed by atoms with E-state index in [-0.39, 0.29) is 0 Å². The van der Waals surface area contributed by atoms with Gasteiger partial charge in [0.25, 0.3) is 0 Å². The molecule has 0 bridgehead atoms. The smallest absolute Gasteiger partial charge is 0.0588 e. The molecule has 2 heterocycles. The first-order chi connectivity index (χ1) is 8.39. The molecule has 3 rings (SSSR count). The van der Waals surface area contributed by atoms with Gasteiger partial charge in [-0.15, -0.1) is 0 Å². The van der Waals surface area contributed by atoms with Crippen LogP contribution in [0, 0.1) is 11.3 Å². The number of nitrogens with one attached hydrogen (secondary N) is 2. The predicted molar refractivity (Wildman–Crippen MR) is 69.1 cm³/mol. The van der Waals surface area contributed by atoms with Crippen LogP contribution in [0.1, 0.15) is 38.5 Å². The highest BCUT2D eigenvalue weighted by Gasteiger charge is 2.52. The van der Waals surface area contributed by atoms with Crippen LogP contribution in [0.15, 0.2) is 0 Å². The quantitative estimate of drug-likeness (QED) is 0.713. The molecule has 2 saturated heterocycles. The number of hydrogen-bond donors (Lipinski definition) is 2. The second-order valence-electron chi connectivity index (χ2n) is 6.14. The van der Waals surface area contributed by atoms with Gasteiger partial charge in [-0.3, -0.25) is 0 Å². The minimum absolute atomic E-state index is 0.551. The van der Waals surface area contributed by atoms with Crippen molar-refractivity contribution in [3.63, 3.8) is 0 Å². The molecule has 0 radical (unpaired) electrons. The van der Waals surface area contributed by atoms with E-state index in [0.29, 0.717) is 6.10 Å². The zero-order valence-corrected chi connectivity index (χ0v) is 10.8. The Bertz CT molecular complexity index is 245. The summed E-state index contributed by atoms with van der Waals surface area (Å²) in [5.74, 6) is 0.967. The lowest BCUT2D eigenvalue weighted by atomic mass is 9.92. The van der Waals surface area contributed by atoms with E-state index in [4.69, 9.17) is 4.74 Å². The molecule has 3 nitrogen and oxygen atoms in total. The van der Waals surface area contributed by atoms with E-state index in [9.17, 15) is 0 Å². The summed E-state index contributed by atoms with van der Waals surface area (Å²) < 4.78 is 5.64. The van der Waals surface area contributed by atoms with Crippen LogP contribution >= 0.6 is 0 Å². The van der Waals surface area contributed by atoms with Crippen molar-refractivity contribution in [1.82, 2.24) is 10.6 Å². The molecule has 0 aromatic rings.